The van der Waals surface area contributed by atoms with Crippen LogP contribution in [0.25, 0.3) is 115 Å². The van der Waals surface area contributed by atoms with Gasteiger partial charge in [-0.15, -0.1) is 0 Å². The molecule has 16 rings (SSSR count). The Hall–Kier alpha value is -12.7. The number of benzene rings is 16. The van der Waals surface area contributed by atoms with Crippen LogP contribution >= 0.6 is 0 Å². The molecule has 0 fully saturated rings. The number of rotatable bonds is 15. The number of hydrogen-bond donors (Lipinski definition) is 0. The number of ketones is 3. The van der Waals surface area contributed by atoms with Gasteiger partial charge < -0.3 is 14.2 Å². The highest BCUT2D eigenvalue weighted by molar-refractivity contribution is 6.27. The van der Waals surface area contributed by atoms with Gasteiger partial charge in [0.25, 0.3) is 0 Å². The summed E-state index contributed by atoms with van der Waals surface area (Å²) in [7, 11) is 0. The van der Waals surface area contributed by atoms with Gasteiger partial charge in [-0.2, -0.15) is 0 Å². The molecule has 0 atom stereocenters. The molecule has 0 bridgehead atoms. The molecule has 0 aromatic heterocycles. The van der Waals surface area contributed by atoms with E-state index >= 15 is 0 Å². The zero-order chi connectivity index (χ0) is 62.8. The first-order chi connectivity index (χ1) is 45.5. The first kappa shape index (κ1) is 55.6. The summed E-state index contributed by atoms with van der Waals surface area (Å²) in [5, 5.41) is 20.3. The van der Waals surface area contributed by atoms with Crippen molar-refractivity contribution in [2.45, 2.75) is 0 Å². The summed E-state index contributed by atoms with van der Waals surface area (Å²) < 4.78 is 17.4. The molecule has 0 aliphatic rings. The van der Waals surface area contributed by atoms with Crippen molar-refractivity contribution in [1.29, 1.82) is 0 Å². The maximum absolute atomic E-state index is 14.1. The standard InChI is InChI=1S/C84H48O9/c85-73(43-31-49-10-13-61-19-16-55-4-1-7-58-28-40-70(49)79(61)76(55)58)52-22-34-67(35-23-52)91-82(88)64-46-65(83(89)92-68-36-24-53(25-37-68)74(86)44-32-50-11-14-62-20-17-56-5-2-8-59-29-41-71(50)80(62)77(56)59)48-66(47-64)84(90)93-69-38-26-54(27-39-69)75(87)45-33-51-12-15-63-21-18-57-6-3-9-60-30-42-72(51)81(63)78(57)60/h1-48H/b43-31+,44-32+,45-33+. The summed E-state index contributed by atoms with van der Waals surface area (Å²) in [6.07, 6.45) is 9.96. The monoisotopic (exact) mass is 1200 g/mol. The van der Waals surface area contributed by atoms with Crippen molar-refractivity contribution in [3.8, 4) is 17.2 Å². The van der Waals surface area contributed by atoms with E-state index < -0.39 is 17.9 Å². The minimum absolute atomic E-state index is 0.0882. The Kier molecular flexibility index (Phi) is 13.6. The van der Waals surface area contributed by atoms with Crippen LogP contribution in [0.3, 0.4) is 0 Å². The summed E-state index contributed by atoms with van der Waals surface area (Å²) in [6, 6.07) is 78.0. The third-order valence-corrected chi connectivity index (χ3v) is 17.6. The van der Waals surface area contributed by atoms with Gasteiger partial charge in [0, 0.05) is 16.7 Å². The molecule has 438 valence electrons. The molecule has 0 amide bonds. The third-order valence-electron chi connectivity index (χ3n) is 17.6. The maximum atomic E-state index is 14.1. The van der Waals surface area contributed by atoms with Crippen LogP contribution in [-0.2, 0) is 0 Å². The van der Waals surface area contributed by atoms with Crippen molar-refractivity contribution in [2.24, 2.45) is 0 Å². The lowest BCUT2D eigenvalue weighted by Crippen LogP contribution is -2.17. The molecule has 0 N–H and O–H groups in total. The molecule has 0 unspecified atom stereocenters. The van der Waals surface area contributed by atoms with E-state index in [0.29, 0.717) is 16.7 Å². The predicted octanol–water partition coefficient (Wildman–Crippen LogP) is 19.7. The molecule has 16 aromatic rings. The molecule has 9 heteroatoms. The molecular formula is C84H48O9. The van der Waals surface area contributed by atoms with Crippen LogP contribution in [0.5, 0.6) is 17.2 Å². The summed E-state index contributed by atoms with van der Waals surface area (Å²) in [5.74, 6) is -3.32. The van der Waals surface area contributed by atoms with Gasteiger partial charge in [0.2, 0.25) is 0 Å². The Bertz CT molecular complexity index is 5240. The van der Waals surface area contributed by atoms with Gasteiger partial charge in [0.15, 0.2) is 17.3 Å². The Morgan fingerprint density at radius 2 is 0.452 bits per heavy atom. The molecular weight excluding hydrogens is 1150 g/mol. The van der Waals surface area contributed by atoms with Crippen LogP contribution in [0.1, 0.15) is 78.8 Å². The fraction of sp³-hybridized carbons (Fsp3) is 0. The van der Waals surface area contributed by atoms with Gasteiger partial charge in [-0.1, -0.05) is 182 Å². The average Bonchev–Trinajstić information content (AvgIpc) is 0.775. The fourth-order valence-corrected chi connectivity index (χ4v) is 13.0. The summed E-state index contributed by atoms with van der Waals surface area (Å²) >= 11 is 0. The zero-order valence-corrected chi connectivity index (χ0v) is 49.4. The van der Waals surface area contributed by atoms with Crippen LogP contribution in [0.2, 0.25) is 0 Å². The molecule has 0 heterocycles. The van der Waals surface area contributed by atoms with Crippen molar-refractivity contribution in [3.05, 3.63) is 323 Å². The Morgan fingerprint density at radius 1 is 0.226 bits per heavy atom. The van der Waals surface area contributed by atoms with Gasteiger partial charge in [-0.25, -0.2) is 14.4 Å². The van der Waals surface area contributed by atoms with Crippen molar-refractivity contribution in [3.63, 3.8) is 0 Å². The molecule has 0 saturated carbocycles. The van der Waals surface area contributed by atoms with E-state index in [2.05, 4.69) is 127 Å². The van der Waals surface area contributed by atoms with Crippen molar-refractivity contribution in [2.75, 3.05) is 0 Å². The summed E-state index contributed by atoms with van der Waals surface area (Å²) in [5.41, 5.74) is 3.15. The maximum Gasteiger partial charge on any atom is 0.343 e. The van der Waals surface area contributed by atoms with Crippen LogP contribution in [0.15, 0.2) is 273 Å². The molecule has 9 nitrogen and oxygen atoms in total. The molecule has 0 aliphatic heterocycles. The highest BCUT2D eigenvalue weighted by Gasteiger charge is 2.22. The highest BCUT2D eigenvalue weighted by atomic mass is 16.5. The molecule has 0 radical (unpaired) electrons. The number of carbonyl (C=O) groups is 6. The lowest BCUT2D eigenvalue weighted by atomic mass is 9.92. The number of esters is 3. The summed E-state index contributed by atoms with van der Waals surface area (Å²) in [6.45, 7) is 0. The van der Waals surface area contributed by atoms with Crippen LogP contribution < -0.4 is 14.2 Å². The first-order valence-electron chi connectivity index (χ1n) is 30.3. The number of allylic oxidation sites excluding steroid dienone is 3. The number of hydrogen-bond acceptors (Lipinski definition) is 9. The largest absolute Gasteiger partial charge is 0.423 e. The Balaban J connectivity index is 0.633. The van der Waals surface area contributed by atoms with E-state index in [9.17, 15) is 28.8 Å². The predicted molar refractivity (Wildman–Crippen MR) is 371 cm³/mol. The quantitative estimate of drug-likeness (QED) is 0.0324. The smallest absolute Gasteiger partial charge is 0.343 e. The minimum atomic E-state index is -0.928. The lowest BCUT2D eigenvalue weighted by Gasteiger charge is -2.12. The molecule has 0 aliphatic carbocycles. The van der Waals surface area contributed by atoms with E-state index in [1.54, 1.807) is 54.6 Å². The van der Waals surface area contributed by atoms with Gasteiger partial charge in [0.05, 0.1) is 16.7 Å². The van der Waals surface area contributed by atoms with Crippen LogP contribution in [0.4, 0.5) is 0 Å². The van der Waals surface area contributed by atoms with Gasteiger partial charge in [-0.05, 0) is 223 Å². The molecule has 93 heavy (non-hydrogen) atoms. The number of ether oxygens (including phenoxy) is 3. The molecule has 0 spiro atoms. The summed E-state index contributed by atoms with van der Waals surface area (Å²) in [4.78, 5) is 83.1. The van der Waals surface area contributed by atoms with Gasteiger partial charge >= 0.3 is 17.9 Å². The first-order valence-corrected chi connectivity index (χ1v) is 30.3. The third kappa shape index (κ3) is 10.2. The highest BCUT2D eigenvalue weighted by Crippen LogP contribution is 2.40. The van der Waals surface area contributed by atoms with Gasteiger partial charge in [0.1, 0.15) is 17.2 Å². The molecule has 16 aromatic carbocycles. The molecule has 0 saturated heterocycles. The van der Waals surface area contributed by atoms with Crippen molar-refractivity contribution >= 4 is 150 Å². The Labute approximate surface area is 530 Å². The minimum Gasteiger partial charge on any atom is -0.423 e. The SMILES string of the molecule is O=C(/C=C/c1ccc2ccc3cccc4ccc1c2c34)c1ccc(OC(=O)c2cc(C(=O)Oc3ccc(C(=O)/C=C/c4ccc5ccc6cccc7ccc4c5c67)cc3)cc(C(=O)Oc3ccc(C(=O)/C=C/c4ccc5ccc6cccc7ccc4c5c67)cc3)c2)cc1. The normalized spacial score (nSPS) is 12.0. The van der Waals surface area contributed by atoms with E-state index in [-0.39, 0.29) is 51.3 Å². The van der Waals surface area contributed by atoms with E-state index in [1.807, 2.05) is 36.4 Å². The van der Waals surface area contributed by atoms with E-state index in [4.69, 9.17) is 14.2 Å². The second-order valence-electron chi connectivity index (χ2n) is 23.2. The second kappa shape index (κ2) is 22.7. The van der Waals surface area contributed by atoms with Crippen molar-refractivity contribution < 1.29 is 43.0 Å². The van der Waals surface area contributed by atoms with Crippen molar-refractivity contribution in [1.82, 2.24) is 0 Å². The number of carbonyl (C=O) groups excluding carboxylic acids is 6. The van der Waals surface area contributed by atoms with Crippen LogP contribution in [-0.4, -0.2) is 35.3 Å². The van der Waals surface area contributed by atoms with E-state index in [0.717, 1.165) is 97.5 Å². The fourth-order valence-electron chi connectivity index (χ4n) is 13.0. The topological polar surface area (TPSA) is 130 Å². The van der Waals surface area contributed by atoms with Crippen LogP contribution in [0, 0.1) is 0 Å². The lowest BCUT2D eigenvalue weighted by molar-refractivity contribution is 0.0733. The van der Waals surface area contributed by atoms with E-state index in [1.165, 1.54) is 89.0 Å². The second-order valence-corrected chi connectivity index (χ2v) is 23.2. The Morgan fingerprint density at radius 3 is 0.710 bits per heavy atom. The average molecular weight is 1200 g/mol. The zero-order valence-electron chi connectivity index (χ0n) is 49.4. The van der Waals surface area contributed by atoms with Gasteiger partial charge in [-0.3, -0.25) is 14.4 Å².